The SMILES string of the molecule is CN(C)CCOCCNS(=O)(=O)c1cnccc1NN. The third-order valence-electron chi connectivity index (χ3n) is 2.45. The largest absolute Gasteiger partial charge is 0.379 e. The minimum absolute atomic E-state index is 0.00999. The number of ether oxygens (including phenoxy) is 1. The molecule has 1 heterocycles. The van der Waals surface area contributed by atoms with Crippen LogP contribution in [0.1, 0.15) is 0 Å². The average Bonchev–Trinajstić information content (AvgIpc) is 2.42. The van der Waals surface area contributed by atoms with E-state index in [1.54, 1.807) is 0 Å². The fraction of sp³-hybridized carbons (Fsp3) is 0.545. The molecule has 0 saturated heterocycles. The molecule has 0 saturated carbocycles. The Morgan fingerprint density at radius 3 is 2.80 bits per heavy atom. The van der Waals surface area contributed by atoms with Crippen LogP contribution in [0, 0.1) is 0 Å². The first kappa shape index (κ1) is 16.8. The number of rotatable bonds is 9. The van der Waals surface area contributed by atoms with Crippen molar-refractivity contribution in [3.8, 4) is 0 Å². The Morgan fingerprint density at radius 2 is 2.15 bits per heavy atom. The van der Waals surface area contributed by atoms with Crippen LogP contribution in [-0.4, -0.2) is 58.7 Å². The van der Waals surface area contributed by atoms with E-state index in [4.69, 9.17) is 10.6 Å². The number of sulfonamides is 1. The highest BCUT2D eigenvalue weighted by molar-refractivity contribution is 7.89. The molecule has 4 N–H and O–H groups in total. The van der Waals surface area contributed by atoms with Gasteiger partial charge in [0.1, 0.15) is 4.90 Å². The van der Waals surface area contributed by atoms with Crippen LogP contribution >= 0.6 is 0 Å². The molecule has 20 heavy (non-hydrogen) atoms. The van der Waals surface area contributed by atoms with Gasteiger partial charge in [-0.05, 0) is 20.2 Å². The first-order valence-electron chi connectivity index (χ1n) is 6.10. The summed E-state index contributed by atoms with van der Waals surface area (Å²) in [4.78, 5) is 5.78. The average molecular weight is 303 g/mol. The fourth-order valence-electron chi connectivity index (χ4n) is 1.39. The Bertz CT molecular complexity index is 507. The van der Waals surface area contributed by atoms with Crippen LogP contribution in [0.2, 0.25) is 0 Å². The zero-order valence-electron chi connectivity index (χ0n) is 11.7. The molecular weight excluding hydrogens is 282 g/mol. The molecule has 0 radical (unpaired) electrons. The van der Waals surface area contributed by atoms with Gasteiger partial charge in [-0.25, -0.2) is 13.1 Å². The van der Waals surface area contributed by atoms with E-state index in [-0.39, 0.29) is 11.4 Å². The molecule has 114 valence electrons. The number of hydrogen-bond acceptors (Lipinski definition) is 7. The van der Waals surface area contributed by atoms with E-state index in [2.05, 4.69) is 15.1 Å². The number of hydrazine groups is 1. The zero-order chi connectivity index (χ0) is 15.0. The van der Waals surface area contributed by atoms with Gasteiger partial charge in [0.2, 0.25) is 10.0 Å². The molecule has 0 aliphatic carbocycles. The van der Waals surface area contributed by atoms with Crippen LogP contribution in [0.3, 0.4) is 0 Å². The highest BCUT2D eigenvalue weighted by atomic mass is 32.2. The number of nitrogen functional groups attached to an aromatic ring is 1. The molecule has 1 aromatic rings. The molecule has 0 bridgehead atoms. The second-order valence-electron chi connectivity index (χ2n) is 4.33. The maximum absolute atomic E-state index is 12.0. The number of hydrogen-bond donors (Lipinski definition) is 3. The van der Waals surface area contributed by atoms with Crippen molar-refractivity contribution in [2.75, 3.05) is 45.8 Å². The molecule has 0 unspecified atom stereocenters. The molecule has 0 aliphatic rings. The lowest BCUT2D eigenvalue weighted by molar-refractivity contribution is 0.122. The van der Waals surface area contributed by atoms with E-state index in [0.717, 1.165) is 6.54 Å². The van der Waals surface area contributed by atoms with Crippen LogP contribution in [0.15, 0.2) is 23.4 Å². The van der Waals surface area contributed by atoms with Gasteiger partial charge < -0.3 is 15.1 Å². The van der Waals surface area contributed by atoms with Crippen LogP contribution in [0.4, 0.5) is 5.69 Å². The first-order valence-corrected chi connectivity index (χ1v) is 7.58. The number of nitrogens with two attached hydrogens (primary N) is 1. The minimum atomic E-state index is -3.65. The lowest BCUT2D eigenvalue weighted by Crippen LogP contribution is -2.29. The maximum Gasteiger partial charge on any atom is 0.244 e. The Morgan fingerprint density at radius 1 is 1.40 bits per heavy atom. The summed E-state index contributed by atoms with van der Waals surface area (Å²) in [6.45, 7) is 1.83. The van der Waals surface area contributed by atoms with Crippen molar-refractivity contribution in [1.29, 1.82) is 0 Å². The van der Waals surface area contributed by atoms with E-state index < -0.39 is 10.0 Å². The highest BCUT2D eigenvalue weighted by Crippen LogP contribution is 2.17. The summed E-state index contributed by atoms with van der Waals surface area (Å²) in [5.41, 5.74) is 2.62. The van der Waals surface area contributed by atoms with Gasteiger partial charge in [0.15, 0.2) is 0 Å². The topological polar surface area (TPSA) is 110 Å². The number of nitrogens with one attached hydrogen (secondary N) is 2. The monoisotopic (exact) mass is 303 g/mol. The molecule has 1 rings (SSSR count). The summed E-state index contributed by atoms with van der Waals surface area (Å²) >= 11 is 0. The summed E-state index contributed by atoms with van der Waals surface area (Å²) in [6.07, 6.45) is 2.70. The van der Waals surface area contributed by atoms with Crippen molar-refractivity contribution in [3.63, 3.8) is 0 Å². The van der Waals surface area contributed by atoms with Gasteiger partial charge in [0, 0.05) is 25.5 Å². The summed E-state index contributed by atoms with van der Waals surface area (Å²) in [5.74, 6) is 5.27. The second-order valence-corrected chi connectivity index (χ2v) is 6.06. The number of likely N-dealkylation sites (N-methyl/N-ethyl adjacent to an activating group) is 1. The zero-order valence-corrected chi connectivity index (χ0v) is 12.5. The molecule has 1 aromatic heterocycles. The quantitative estimate of drug-likeness (QED) is 0.312. The third-order valence-corrected chi connectivity index (χ3v) is 3.94. The van der Waals surface area contributed by atoms with Gasteiger partial charge in [-0.2, -0.15) is 0 Å². The van der Waals surface area contributed by atoms with Gasteiger partial charge in [-0.1, -0.05) is 0 Å². The fourth-order valence-corrected chi connectivity index (χ4v) is 2.51. The minimum Gasteiger partial charge on any atom is -0.379 e. The maximum atomic E-state index is 12.0. The van der Waals surface area contributed by atoms with Crippen molar-refractivity contribution < 1.29 is 13.2 Å². The molecule has 0 amide bonds. The molecule has 0 spiro atoms. The summed E-state index contributed by atoms with van der Waals surface area (Å²) in [7, 11) is 0.229. The van der Waals surface area contributed by atoms with Crippen molar-refractivity contribution in [3.05, 3.63) is 18.5 Å². The van der Waals surface area contributed by atoms with E-state index in [1.165, 1.54) is 18.5 Å². The highest BCUT2D eigenvalue weighted by Gasteiger charge is 2.17. The number of anilines is 1. The van der Waals surface area contributed by atoms with Gasteiger partial charge in [0.05, 0.1) is 18.9 Å². The van der Waals surface area contributed by atoms with Crippen molar-refractivity contribution in [2.24, 2.45) is 5.84 Å². The van der Waals surface area contributed by atoms with Gasteiger partial charge in [-0.3, -0.25) is 10.8 Å². The molecule has 0 aliphatic heterocycles. The second kappa shape index (κ2) is 8.12. The number of nitrogens with zero attached hydrogens (tertiary/aromatic N) is 2. The van der Waals surface area contributed by atoms with E-state index >= 15 is 0 Å². The Hall–Kier alpha value is -1.26. The molecule has 8 nitrogen and oxygen atoms in total. The van der Waals surface area contributed by atoms with E-state index in [9.17, 15) is 8.42 Å². The van der Waals surface area contributed by atoms with Gasteiger partial charge >= 0.3 is 0 Å². The van der Waals surface area contributed by atoms with Gasteiger partial charge in [0.25, 0.3) is 0 Å². The predicted octanol–water partition coefficient (Wildman–Crippen LogP) is -0.776. The smallest absolute Gasteiger partial charge is 0.244 e. The molecule has 0 aromatic carbocycles. The van der Waals surface area contributed by atoms with Crippen LogP contribution < -0.4 is 16.0 Å². The van der Waals surface area contributed by atoms with Crippen molar-refractivity contribution >= 4 is 15.7 Å². The standard InChI is InChI=1S/C11H21N5O3S/c1-16(2)6-8-19-7-5-14-20(17,18)11-9-13-4-3-10(11)15-12/h3-4,9,14H,5-8,12H2,1-2H3,(H,13,15). The van der Waals surface area contributed by atoms with Crippen molar-refractivity contribution in [2.45, 2.75) is 4.90 Å². The first-order chi connectivity index (χ1) is 9.47. The van der Waals surface area contributed by atoms with E-state index in [1.807, 2.05) is 19.0 Å². The number of pyridine rings is 1. The third kappa shape index (κ3) is 5.39. The molecule has 0 atom stereocenters. The molecule has 0 fully saturated rings. The van der Waals surface area contributed by atoms with Crippen LogP contribution in [-0.2, 0) is 14.8 Å². The Kier molecular flexibility index (Phi) is 6.82. The summed E-state index contributed by atoms with van der Waals surface area (Å²) < 4.78 is 31.8. The Labute approximate surface area is 119 Å². The summed E-state index contributed by atoms with van der Waals surface area (Å²) in [5, 5.41) is 0. The van der Waals surface area contributed by atoms with Crippen LogP contribution in [0.25, 0.3) is 0 Å². The van der Waals surface area contributed by atoms with Gasteiger partial charge in [-0.15, -0.1) is 0 Å². The summed E-state index contributed by atoms with van der Waals surface area (Å²) in [6, 6.07) is 1.49. The normalized spacial score (nSPS) is 11.8. The molecular formula is C11H21N5O3S. The van der Waals surface area contributed by atoms with E-state index in [0.29, 0.717) is 18.9 Å². The lowest BCUT2D eigenvalue weighted by atomic mass is 10.4. The van der Waals surface area contributed by atoms with Crippen LogP contribution in [0.5, 0.6) is 0 Å². The van der Waals surface area contributed by atoms with Crippen molar-refractivity contribution in [1.82, 2.24) is 14.6 Å². The predicted molar refractivity (Wildman–Crippen MR) is 76.6 cm³/mol. The number of aromatic nitrogens is 1. The lowest BCUT2D eigenvalue weighted by Gasteiger charge is -2.12. The Balaban J connectivity index is 2.46. The molecule has 9 heteroatoms.